The Morgan fingerprint density at radius 3 is 0.406 bits per heavy atom. The zero-order chi connectivity index (χ0) is 94.9. The monoisotopic (exact) mass is 1830 g/mol. The Kier molecular flexibility index (Phi) is 41.3. The molecule has 15 aromatic rings. The van der Waals surface area contributed by atoms with Gasteiger partial charge in [-0.15, -0.1) is 0 Å². The highest BCUT2D eigenvalue weighted by Gasteiger charge is 2.25. The minimum absolute atomic E-state index is 1.11. The molecule has 0 aliphatic rings. The molecule has 0 saturated carbocycles. The second-order valence-corrected chi connectivity index (χ2v) is 41.9. The molecule has 15 rings (SSSR count). The lowest BCUT2D eigenvalue weighted by molar-refractivity contribution is 0.575. The molecular weight excluding hydrogens is 1660 g/mol. The molecule has 15 aromatic carbocycles. The fraction of sp³-hybridized carbons (Fsp3) is 0.435. The maximum Gasteiger partial charge on any atom is -0.00203 e. The third-order valence-electron chi connectivity index (χ3n) is 31.2. The second-order valence-electron chi connectivity index (χ2n) is 41.9. The van der Waals surface area contributed by atoms with Crippen molar-refractivity contribution in [1.29, 1.82) is 0 Å². The minimum atomic E-state index is 1.11. The lowest BCUT2D eigenvalue weighted by atomic mass is 9.82. The van der Waals surface area contributed by atoms with Gasteiger partial charge in [-0.3, -0.25) is 0 Å². The van der Waals surface area contributed by atoms with Crippen LogP contribution < -0.4 is 0 Å². The first-order valence-electron chi connectivity index (χ1n) is 56.9. The molecule has 0 aromatic heterocycles. The fourth-order valence-electron chi connectivity index (χ4n) is 22.9. The quantitative estimate of drug-likeness (QED) is 0.0263. The van der Waals surface area contributed by atoms with Crippen molar-refractivity contribution in [1.82, 2.24) is 0 Å². The summed E-state index contributed by atoms with van der Waals surface area (Å²) in [5.74, 6) is 0. The van der Waals surface area contributed by atoms with E-state index in [4.69, 9.17) is 0 Å². The maximum atomic E-state index is 2.60. The van der Waals surface area contributed by atoms with Crippen LogP contribution in [0.2, 0.25) is 0 Å². The van der Waals surface area contributed by atoms with Gasteiger partial charge in [0, 0.05) is 0 Å². The van der Waals surface area contributed by atoms with Crippen molar-refractivity contribution in [3.05, 3.63) is 300 Å². The van der Waals surface area contributed by atoms with Crippen LogP contribution in [0.25, 0.3) is 154 Å². The van der Waals surface area contributed by atoms with Crippen LogP contribution in [0.1, 0.15) is 383 Å². The molecule has 138 heavy (non-hydrogen) atoms. The Bertz CT molecular complexity index is 5790. The SMILES string of the molecule is CCCCCCCCCCc1ccc(-c2c(-c3ccc(CCCCCCCCCC)cc3)c3ccc(-c4ccc5c(-c6ccc(CCCCCCCCCC)cc6)c(-c6ccc(CCCCCCCCCC)cc6)c6ccc(-c7ccc8c(-c9ccc(CCCCCCCCCC)cc9)c(-c9ccc(CCCCCCCCCC)cc9)c9ccccc9c8c7)cc6c5c4)cc3c3ccccc23)cc1. The van der Waals surface area contributed by atoms with E-state index in [9.17, 15) is 0 Å². The molecule has 0 aliphatic carbocycles. The van der Waals surface area contributed by atoms with Gasteiger partial charge in [0.15, 0.2) is 0 Å². The summed E-state index contributed by atoms with van der Waals surface area (Å²) in [6.45, 7) is 13.9. The predicted molar refractivity (Wildman–Crippen MR) is 613 cm³/mol. The molecule has 0 aliphatic heterocycles. The number of unbranched alkanes of at least 4 members (excludes halogenated alkanes) is 42. The summed E-state index contributed by atoms with van der Waals surface area (Å²) in [6, 6.07) is 108. The number of rotatable bonds is 62. The number of benzene rings is 15. The van der Waals surface area contributed by atoms with Crippen LogP contribution >= 0.6 is 0 Å². The van der Waals surface area contributed by atoms with Gasteiger partial charge in [-0.05, 0) is 288 Å². The molecule has 0 bridgehead atoms. The van der Waals surface area contributed by atoms with E-state index in [0.717, 1.165) is 38.5 Å². The predicted octanol–water partition coefficient (Wildman–Crippen LogP) is 44.0. The highest BCUT2D eigenvalue weighted by Crippen LogP contribution is 2.52. The molecule has 0 heteroatoms. The molecular formula is C138H170. The Morgan fingerprint density at radius 1 is 0.109 bits per heavy atom. The summed E-state index contributed by atoms with van der Waals surface area (Å²) in [6.07, 6.45) is 70.7. The van der Waals surface area contributed by atoms with Crippen LogP contribution in [0.3, 0.4) is 0 Å². The van der Waals surface area contributed by atoms with Crippen molar-refractivity contribution in [2.45, 2.75) is 388 Å². The van der Waals surface area contributed by atoms with Crippen molar-refractivity contribution in [3.8, 4) is 89.0 Å². The average Bonchev–Trinajstić information content (AvgIpc) is 0.725. The smallest absolute Gasteiger partial charge is 0.00203 e. The van der Waals surface area contributed by atoms with Gasteiger partial charge < -0.3 is 0 Å². The van der Waals surface area contributed by atoms with Crippen LogP contribution in [0.5, 0.6) is 0 Å². The molecule has 722 valence electrons. The van der Waals surface area contributed by atoms with Crippen LogP contribution in [0.15, 0.2) is 267 Å². The molecule has 0 radical (unpaired) electrons. The van der Waals surface area contributed by atoms with Crippen LogP contribution in [0.4, 0.5) is 0 Å². The average molecular weight is 1830 g/mol. The third kappa shape index (κ3) is 28.2. The van der Waals surface area contributed by atoms with E-state index < -0.39 is 0 Å². The summed E-state index contributed by atoms with van der Waals surface area (Å²) in [5, 5.41) is 15.5. The first-order valence-corrected chi connectivity index (χ1v) is 56.9. The van der Waals surface area contributed by atoms with Crippen molar-refractivity contribution in [3.63, 3.8) is 0 Å². The number of aryl methyl sites for hydroxylation is 6. The molecule has 0 spiro atoms. The van der Waals surface area contributed by atoms with E-state index in [-0.39, 0.29) is 0 Å². The zero-order valence-corrected chi connectivity index (χ0v) is 86.6. The summed E-state index contributed by atoms with van der Waals surface area (Å²) >= 11 is 0. The molecule has 0 heterocycles. The molecule has 0 amide bonds. The topological polar surface area (TPSA) is 0 Å². The minimum Gasteiger partial charge on any atom is -0.0654 e. The van der Waals surface area contributed by atoms with Crippen LogP contribution in [0, 0.1) is 0 Å². The second kappa shape index (κ2) is 55.7. The van der Waals surface area contributed by atoms with Gasteiger partial charge in [-0.2, -0.15) is 0 Å². The summed E-state index contributed by atoms with van der Waals surface area (Å²) in [4.78, 5) is 0. The van der Waals surface area contributed by atoms with E-state index in [1.54, 1.807) is 0 Å². The Morgan fingerprint density at radius 2 is 0.239 bits per heavy atom. The zero-order valence-electron chi connectivity index (χ0n) is 86.6. The van der Waals surface area contributed by atoms with E-state index >= 15 is 0 Å². The molecule has 0 atom stereocenters. The molecule has 0 N–H and O–H groups in total. The van der Waals surface area contributed by atoms with Gasteiger partial charge in [-0.25, -0.2) is 0 Å². The van der Waals surface area contributed by atoms with E-state index in [1.165, 1.54) is 495 Å². The van der Waals surface area contributed by atoms with Gasteiger partial charge in [-0.1, -0.05) is 554 Å². The van der Waals surface area contributed by atoms with Crippen LogP contribution in [-0.2, 0) is 38.5 Å². The van der Waals surface area contributed by atoms with Crippen molar-refractivity contribution < 1.29 is 0 Å². The highest BCUT2D eigenvalue weighted by atomic mass is 14.3. The highest BCUT2D eigenvalue weighted by molar-refractivity contribution is 6.26. The lowest BCUT2D eigenvalue weighted by Crippen LogP contribution is -1.95. The molecule has 0 fully saturated rings. The van der Waals surface area contributed by atoms with Gasteiger partial charge in [0.05, 0.1) is 0 Å². The Hall–Kier alpha value is -10.1. The first kappa shape index (κ1) is 102. The number of hydrogen-bond acceptors (Lipinski definition) is 0. The third-order valence-corrected chi connectivity index (χ3v) is 31.2. The van der Waals surface area contributed by atoms with Gasteiger partial charge in [0.1, 0.15) is 0 Å². The van der Waals surface area contributed by atoms with Crippen LogP contribution in [-0.4, -0.2) is 0 Å². The fourth-order valence-corrected chi connectivity index (χ4v) is 22.9. The lowest BCUT2D eigenvalue weighted by Gasteiger charge is -2.21. The van der Waals surface area contributed by atoms with Gasteiger partial charge in [0.2, 0.25) is 0 Å². The van der Waals surface area contributed by atoms with Crippen molar-refractivity contribution in [2.24, 2.45) is 0 Å². The Labute approximate surface area is 836 Å². The first-order chi connectivity index (χ1) is 68.3. The van der Waals surface area contributed by atoms with E-state index in [0.29, 0.717) is 0 Å². The maximum absolute atomic E-state index is 2.60. The summed E-state index contributed by atoms with van der Waals surface area (Å²) in [5.41, 5.74) is 29.3. The number of fused-ring (bicyclic) bond motifs is 9. The molecule has 0 unspecified atom stereocenters. The van der Waals surface area contributed by atoms with E-state index in [1.807, 2.05) is 0 Å². The normalized spacial score (nSPS) is 11.8. The largest absolute Gasteiger partial charge is 0.0654 e. The molecule has 0 nitrogen and oxygen atoms in total. The Balaban J connectivity index is 0.870. The van der Waals surface area contributed by atoms with Crippen molar-refractivity contribution >= 4 is 64.6 Å². The number of hydrogen-bond donors (Lipinski definition) is 0. The summed E-state index contributed by atoms with van der Waals surface area (Å²) in [7, 11) is 0. The molecule has 0 saturated heterocycles. The summed E-state index contributed by atoms with van der Waals surface area (Å²) < 4.78 is 0. The van der Waals surface area contributed by atoms with Gasteiger partial charge >= 0.3 is 0 Å². The van der Waals surface area contributed by atoms with Crippen molar-refractivity contribution in [2.75, 3.05) is 0 Å². The standard InChI is InChI=1S/C138H170/c1-7-13-19-25-31-37-43-49-59-105-69-81-111(82-70-105)133-123-67-57-55-65-121(123)129-101-117(93-97-125(129)135(133)113-85-73-107(74-86-113)61-51-45-39-33-27-21-15-9-3)119-95-99-127-131(103-119)132-104-120(96-100-128(132)138(116-91-79-110(80-92-116)64-54-48-42-36-30-24-18-12-6)137(127)115-89-77-109(78-90-115)63-53-47-41-35-29-23-17-11-5)118-94-98-126-130(102-118)122-66-56-58-68-124(122)134(112-83-71-106(72-84-112)60-50-44-38-32-26-20-14-8-2)136(126)114-87-75-108(76-88-114)62-52-46-40-34-28-22-16-10-4/h55-58,65-104H,7-54,59-64H2,1-6H3. The van der Waals surface area contributed by atoms with Gasteiger partial charge in [0.25, 0.3) is 0 Å². The van der Waals surface area contributed by atoms with E-state index in [2.05, 4.69) is 308 Å².